The lowest BCUT2D eigenvalue weighted by atomic mass is 9.95. The van der Waals surface area contributed by atoms with Crippen molar-refractivity contribution in [2.75, 3.05) is 20.3 Å². The van der Waals surface area contributed by atoms with E-state index < -0.39 is 0 Å². The summed E-state index contributed by atoms with van der Waals surface area (Å²) in [4.78, 5) is 12.5. The number of hydrogen-bond donors (Lipinski definition) is 1. The average Bonchev–Trinajstić information content (AvgIpc) is 2.96. The molecule has 1 aliphatic rings. The minimum Gasteiger partial charge on any atom is -0.497 e. The third kappa shape index (κ3) is 3.62. The van der Waals surface area contributed by atoms with Gasteiger partial charge in [-0.3, -0.25) is 4.79 Å². The van der Waals surface area contributed by atoms with Gasteiger partial charge < -0.3 is 19.3 Å². The lowest BCUT2D eigenvalue weighted by Crippen LogP contribution is -2.38. The Balaban J connectivity index is 1.59. The molecule has 134 valence electrons. The number of aryl methyl sites for hydroxylation is 2. The van der Waals surface area contributed by atoms with Gasteiger partial charge in [-0.15, -0.1) is 0 Å². The van der Waals surface area contributed by atoms with Crippen molar-refractivity contribution in [3.8, 4) is 11.5 Å². The summed E-state index contributed by atoms with van der Waals surface area (Å²) in [6, 6.07) is 5.71. The van der Waals surface area contributed by atoms with Gasteiger partial charge in [-0.25, -0.2) is 0 Å². The number of fused-ring (bicyclic) bond motifs is 1. The molecule has 0 radical (unpaired) electrons. The first-order valence-electron chi connectivity index (χ1n) is 8.49. The van der Waals surface area contributed by atoms with Gasteiger partial charge in [0.05, 0.1) is 18.7 Å². The van der Waals surface area contributed by atoms with E-state index in [1.807, 2.05) is 32.0 Å². The quantitative estimate of drug-likeness (QED) is 0.903. The van der Waals surface area contributed by atoms with E-state index in [0.29, 0.717) is 19.6 Å². The van der Waals surface area contributed by atoms with E-state index in [0.717, 1.165) is 34.1 Å². The number of amides is 1. The van der Waals surface area contributed by atoms with Crippen LogP contribution in [-0.4, -0.2) is 31.3 Å². The van der Waals surface area contributed by atoms with E-state index in [2.05, 4.69) is 17.4 Å². The first kappa shape index (κ1) is 17.3. The molecule has 1 aromatic carbocycles. The van der Waals surface area contributed by atoms with Crippen LogP contribution in [0.1, 0.15) is 35.4 Å². The first-order chi connectivity index (χ1) is 12.0. The number of benzene rings is 1. The van der Waals surface area contributed by atoms with Crippen LogP contribution in [0.3, 0.4) is 0 Å². The summed E-state index contributed by atoms with van der Waals surface area (Å²) in [7, 11) is 1.63. The first-order valence-corrected chi connectivity index (χ1v) is 8.49. The molecule has 3 rings (SSSR count). The van der Waals surface area contributed by atoms with Crippen molar-refractivity contribution in [1.82, 2.24) is 10.5 Å². The number of carbonyl (C=O) groups excluding carboxylic acids is 1. The van der Waals surface area contributed by atoms with Crippen LogP contribution in [0.5, 0.6) is 11.5 Å². The van der Waals surface area contributed by atoms with E-state index in [-0.39, 0.29) is 17.7 Å². The number of carbonyl (C=O) groups is 1. The number of rotatable bonds is 5. The summed E-state index contributed by atoms with van der Waals surface area (Å²) in [6.45, 7) is 6.81. The number of methoxy groups -OCH3 is 1. The zero-order chi connectivity index (χ0) is 18.0. The second-order valence-corrected chi connectivity index (χ2v) is 6.57. The van der Waals surface area contributed by atoms with Crippen LogP contribution in [0, 0.1) is 19.8 Å². The Labute approximate surface area is 147 Å². The maximum Gasteiger partial charge on any atom is 0.226 e. The van der Waals surface area contributed by atoms with Gasteiger partial charge in [0, 0.05) is 24.1 Å². The van der Waals surface area contributed by atoms with Gasteiger partial charge in [0.2, 0.25) is 5.91 Å². The van der Waals surface area contributed by atoms with E-state index in [1.165, 1.54) is 0 Å². The highest BCUT2D eigenvalue weighted by Gasteiger charge is 2.27. The van der Waals surface area contributed by atoms with Crippen LogP contribution in [0.2, 0.25) is 0 Å². The molecule has 6 nitrogen and oxygen atoms in total. The van der Waals surface area contributed by atoms with Crippen molar-refractivity contribution >= 4 is 5.91 Å². The van der Waals surface area contributed by atoms with Crippen LogP contribution >= 0.6 is 0 Å². The number of nitrogens with one attached hydrogen (secondary N) is 1. The fourth-order valence-electron chi connectivity index (χ4n) is 3.34. The molecule has 1 amide bonds. The summed E-state index contributed by atoms with van der Waals surface area (Å²) in [5, 5.41) is 7.01. The molecule has 0 saturated heterocycles. The Kier molecular flexibility index (Phi) is 4.97. The number of nitrogens with zero attached hydrogens (tertiary/aromatic N) is 1. The molecule has 0 fully saturated rings. The van der Waals surface area contributed by atoms with Crippen molar-refractivity contribution < 1.29 is 18.8 Å². The summed E-state index contributed by atoms with van der Waals surface area (Å²) < 4.78 is 16.2. The van der Waals surface area contributed by atoms with Crippen molar-refractivity contribution in [3.63, 3.8) is 0 Å². The predicted molar refractivity (Wildman–Crippen MR) is 93.1 cm³/mol. The van der Waals surface area contributed by atoms with Gasteiger partial charge in [0.1, 0.15) is 23.9 Å². The number of hydrogen-bond acceptors (Lipinski definition) is 5. The van der Waals surface area contributed by atoms with Crippen LogP contribution in [-0.2, 0) is 11.2 Å². The molecular weight excluding hydrogens is 320 g/mol. The normalized spacial score (nSPS) is 17.4. The van der Waals surface area contributed by atoms with Gasteiger partial charge in [0.25, 0.3) is 0 Å². The van der Waals surface area contributed by atoms with Gasteiger partial charge in [-0.2, -0.15) is 0 Å². The van der Waals surface area contributed by atoms with E-state index in [4.69, 9.17) is 14.0 Å². The molecule has 1 aromatic heterocycles. The minimum atomic E-state index is -0.183. The second kappa shape index (κ2) is 7.17. The fraction of sp³-hybridized carbons (Fsp3) is 0.474. The highest BCUT2D eigenvalue weighted by Crippen LogP contribution is 2.31. The summed E-state index contributed by atoms with van der Waals surface area (Å²) in [5.74, 6) is 2.35. The topological polar surface area (TPSA) is 73.6 Å². The van der Waals surface area contributed by atoms with Crippen LogP contribution in [0.15, 0.2) is 22.7 Å². The van der Waals surface area contributed by atoms with E-state index >= 15 is 0 Å². The van der Waals surface area contributed by atoms with Crippen molar-refractivity contribution in [2.45, 2.75) is 33.1 Å². The molecule has 6 heteroatoms. The monoisotopic (exact) mass is 344 g/mol. The highest BCUT2D eigenvalue weighted by atomic mass is 16.5. The largest absolute Gasteiger partial charge is 0.497 e. The fourth-order valence-corrected chi connectivity index (χ4v) is 3.34. The lowest BCUT2D eigenvalue weighted by molar-refractivity contribution is -0.126. The maximum absolute atomic E-state index is 12.5. The highest BCUT2D eigenvalue weighted by molar-refractivity contribution is 5.79. The maximum atomic E-state index is 12.5. The van der Waals surface area contributed by atoms with E-state index in [1.54, 1.807) is 7.11 Å². The molecular formula is C19H24N2O4. The molecule has 1 N–H and O–H groups in total. The van der Waals surface area contributed by atoms with Gasteiger partial charge in [0.15, 0.2) is 0 Å². The van der Waals surface area contributed by atoms with Gasteiger partial charge in [-0.1, -0.05) is 18.1 Å². The van der Waals surface area contributed by atoms with Crippen molar-refractivity contribution in [1.29, 1.82) is 0 Å². The molecule has 2 atom stereocenters. The zero-order valence-electron chi connectivity index (χ0n) is 15.1. The molecule has 2 heterocycles. The molecule has 0 spiro atoms. The summed E-state index contributed by atoms with van der Waals surface area (Å²) in [5.41, 5.74) is 2.98. The predicted octanol–water partition coefficient (Wildman–Crippen LogP) is 2.77. The van der Waals surface area contributed by atoms with Crippen LogP contribution in [0.4, 0.5) is 0 Å². The zero-order valence-corrected chi connectivity index (χ0v) is 15.1. The minimum absolute atomic E-state index is 0.0140. The molecule has 2 aromatic rings. The van der Waals surface area contributed by atoms with Crippen LogP contribution in [0.25, 0.3) is 0 Å². The molecule has 1 aliphatic heterocycles. The molecule has 0 aliphatic carbocycles. The van der Waals surface area contributed by atoms with Gasteiger partial charge >= 0.3 is 0 Å². The Morgan fingerprint density at radius 1 is 1.44 bits per heavy atom. The molecule has 0 bridgehead atoms. The molecule has 2 unspecified atom stereocenters. The second-order valence-electron chi connectivity index (χ2n) is 6.57. The average molecular weight is 344 g/mol. The van der Waals surface area contributed by atoms with Crippen molar-refractivity contribution in [3.05, 3.63) is 40.8 Å². The number of ether oxygens (including phenoxy) is 2. The van der Waals surface area contributed by atoms with E-state index in [9.17, 15) is 4.79 Å². The van der Waals surface area contributed by atoms with Gasteiger partial charge in [-0.05, 0) is 31.9 Å². The molecule has 0 saturated carbocycles. The SMILES string of the molecule is COc1ccc2c(c1)OCC(C(=O)NCC(C)c1c(C)noc1C)C2. The Hall–Kier alpha value is -2.50. The Morgan fingerprint density at radius 2 is 2.24 bits per heavy atom. The summed E-state index contributed by atoms with van der Waals surface area (Å²) >= 11 is 0. The Bertz CT molecular complexity index is 749. The third-order valence-corrected chi connectivity index (χ3v) is 4.72. The lowest BCUT2D eigenvalue weighted by Gasteiger charge is -2.25. The standard InChI is InChI=1S/C19H24N2O4/c1-11(18-12(2)21-25-13(18)3)9-20-19(22)15-7-14-5-6-16(23-4)8-17(14)24-10-15/h5-6,8,11,15H,7,9-10H2,1-4H3,(H,20,22). The Morgan fingerprint density at radius 3 is 2.92 bits per heavy atom. The smallest absolute Gasteiger partial charge is 0.226 e. The summed E-state index contributed by atoms with van der Waals surface area (Å²) in [6.07, 6.45) is 0.671. The van der Waals surface area contributed by atoms with Crippen LogP contribution < -0.4 is 14.8 Å². The third-order valence-electron chi connectivity index (χ3n) is 4.72. The number of aromatic nitrogens is 1. The molecule has 25 heavy (non-hydrogen) atoms. The van der Waals surface area contributed by atoms with Crippen molar-refractivity contribution in [2.24, 2.45) is 5.92 Å².